The lowest BCUT2D eigenvalue weighted by Crippen LogP contribution is -2.27. The number of hydrogen-bond donors (Lipinski definition) is 1. The average molecular weight is 255 g/mol. The summed E-state index contributed by atoms with van der Waals surface area (Å²) in [6, 6.07) is 10.3. The number of nitrogens with two attached hydrogens (primary N) is 1. The summed E-state index contributed by atoms with van der Waals surface area (Å²) in [4.78, 5) is 13.3. The van der Waals surface area contributed by atoms with E-state index in [1.54, 1.807) is 6.92 Å². The molecular formula is C13H19ClN2O. The molecule has 0 spiro atoms. The van der Waals surface area contributed by atoms with Gasteiger partial charge in [-0.2, -0.15) is 0 Å². The quantitative estimate of drug-likeness (QED) is 0.872. The van der Waals surface area contributed by atoms with Crippen LogP contribution in [0.3, 0.4) is 0 Å². The third-order valence-corrected chi connectivity index (χ3v) is 3.42. The maximum absolute atomic E-state index is 11.4. The van der Waals surface area contributed by atoms with Crippen LogP contribution in [-0.4, -0.2) is 30.4 Å². The zero-order valence-corrected chi connectivity index (χ0v) is 10.8. The van der Waals surface area contributed by atoms with Gasteiger partial charge >= 0.3 is 0 Å². The number of likely N-dealkylation sites (tertiary alicyclic amines) is 1. The first-order chi connectivity index (χ1) is 7.72. The van der Waals surface area contributed by atoms with E-state index in [9.17, 15) is 4.79 Å². The molecule has 0 radical (unpaired) electrons. The number of carbonyl (C=O) groups excluding carboxylic acids is 1. The molecule has 2 rings (SSSR count). The molecule has 1 aromatic rings. The van der Waals surface area contributed by atoms with Crippen LogP contribution in [0.1, 0.15) is 18.4 Å². The first-order valence-corrected chi connectivity index (χ1v) is 5.73. The summed E-state index contributed by atoms with van der Waals surface area (Å²) in [6.07, 6.45) is 0. The largest absolute Gasteiger partial charge is 0.342 e. The summed E-state index contributed by atoms with van der Waals surface area (Å²) in [5.41, 5.74) is 7.08. The van der Waals surface area contributed by atoms with E-state index in [0.717, 1.165) is 13.1 Å². The Bertz CT molecular complexity index is 369. The van der Waals surface area contributed by atoms with Crippen LogP contribution in [0.15, 0.2) is 30.3 Å². The fraction of sp³-hybridized carbons (Fsp3) is 0.462. The van der Waals surface area contributed by atoms with Gasteiger partial charge in [-0.3, -0.25) is 4.79 Å². The first kappa shape index (κ1) is 14.0. The topological polar surface area (TPSA) is 46.3 Å². The Morgan fingerprint density at radius 2 is 2.00 bits per heavy atom. The van der Waals surface area contributed by atoms with Gasteiger partial charge in [0.2, 0.25) is 5.91 Å². The van der Waals surface area contributed by atoms with Gasteiger partial charge in [0.15, 0.2) is 0 Å². The van der Waals surface area contributed by atoms with Crippen molar-refractivity contribution < 1.29 is 4.79 Å². The maximum Gasteiger partial charge on any atom is 0.219 e. The maximum atomic E-state index is 11.4. The van der Waals surface area contributed by atoms with Crippen molar-refractivity contribution in [1.29, 1.82) is 0 Å². The molecule has 1 amide bonds. The molecule has 0 unspecified atom stereocenters. The molecule has 94 valence electrons. The van der Waals surface area contributed by atoms with Gasteiger partial charge in [0.1, 0.15) is 0 Å². The Balaban J connectivity index is 0.00000144. The number of benzene rings is 1. The monoisotopic (exact) mass is 254 g/mol. The summed E-state index contributed by atoms with van der Waals surface area (Å²) in [5.74, 6) is 0.943. The second-order valence-electron chi connectivity index (χ2n) is 4.44. The van der Waals surface area contributed by atoms with Crippen molar-refractivity contribution in [3.05, 3.63) is 35.9 Å². The van der Waals surface area contributed by atoms with Crippen molar-refractivity contribution in [1.82, 2.24) is 4.90 Å². The summed E-state index contributed by atoms with van der Waals surface area (Å²) in [5, 5.41) is 0. The second kappa shape index (κ2) is 6.03. The standard InChI is InChI=1S/C13H18N2O.ClH/c1-10(16)15-8-12(7-14)13(9-15)11-5-3-2-4-6-11;/h2-6,12-13H,7-9,14H2,1H3;1H/t12-,13+;/m1./s1. The van der Waals surface area contributed by atoms with E-state index in [2.05, 4.69) is 12.1 Å². The number of rotatable bonds is 2. The number of carbonyl (C=O) groups is 1. The van der Waals surface area contributed by atoms with Crippen molar-refractivity contribution >= 4 is 18.3 Å². The summed E-state index contributed by atoms with van der Waals surface area (Å²) < 4.78 is 0. The van der Waals surface area contributed by atoms with Crippen LogP contribution in [0.25, 0.3) is 0 Å². The van der Waals surface area contributed by atoms with Gasteiger partial charge in [-0.25, -0.2) is 0 Å². The molecule has 17 heavy (non-hydrogen) atoms. The van der Waals surface area contributed by atoms with Gasteiger partial charge in [0.05, 0.1) is 0 Å². The van der Waals surface area contributed by atoms with E-state index in [1.165, 1.54) is 5.56 Å². The van der Waals surface area contributed by atoms with Gasteiger partial charge in [-0.05, 0) is 18.0 Å². The number of nitrogens with zero attached hydrogens (tertiary/aromatic N) is 1. The van der Waals surface area contributed by atoms with Crippen LogP contribution in [0.5, 0.6) is 0 Å². The minimum absolute atomic E-state index is 0. The minimum Gasteiger partial charge on any atom is -0.342 e. The summed E-state index contributed by atoms with van der Waals surface area (Å²) >= 11 is 0. The highest BCUT2D eigenvalue weighted by atomic mass is 35.5. The summed E-state index contributed by atoms with van der Waals surface area (Å²) in [7, 11) is 0. The number of hydrogen-bond acceptors (Lipinski definition) is 2. The molecule has 2 atom stereocenters. The van der Waals surface area contributed by atoms with Crippen molar-refractivity contribution in [2.24, 2.45) is 11.7 Å². The average Bonchev–Trinajstić information content (AvgIpc) is 2.74. The Morgan fingerprint density at radius 1 is 1.35 bits per heavy atom. The molecule has 0 saturated carbocycles. The second-order valence-corrected chi connectivity index (χ2v) is 4.44. The lowest BCUT2D eigenvalue weighted by atomic mass is 9.89. The third-order valence-electron chi connectivity index (χ3n) is 3.42. The van der Waals surface area contributed by atoms with Crippen LogP contribution < -0.4 is 5.73 Å². The molecule has 2 N–H and O–H groups in total. The van der Waals surface area contributed by atoms with E-state index in [4.69, 9.17) is 5.73 Å². The molecule has 1 heterocycles. The highest BCUT2D eigenvalue weighted by Gasteiger charge is 2.33. The van der Waals surface area contributed by atoms with Gasteiger partial charge in [0.25, 0.3) is 0 Å². The van der Waals surface area contributed by atoms with E-state index in [0.29, 0.717) is 18.4 Å². The Labute approximate surface area is 108 Å². The molecule has 1 fully saturated rings. The van der Waals surface area contributed by atoms with E-state index in [-0.39, 0.29) is 18.3 Å². The molecule has 0 aliphatic carbocycles. The summed E-state index contributed by atoms with van der Waals surface area (Å²) in [6.45, 7) is 3.87. The van der Waals surface area contributed by atoms with Crippen LogP contribution in [-0.2, 0) is 4.79 Å². The molecule has 0 aromatic heterocycles. The van der Waals surface area contributed by atoms with Crippen LogP contribution >= 0.6 is 12.4 Å². The lowest BCUT2D eigenvalue weighted by Gasteiger charge is -2.16. The lowest BCUT2D eigenvalue weighted by molar-refractivity contribution is -0.127. The molecule has 3 nitrogen and oxygen atoms in total. The highest BCUT2D eigenvalue weighted by molar-refractivity contribution is 5.85. The predicted molar refractivity (Wildman–Crippen MR) is 71.2 cm³/mol. The van der Waals surface area contributed by atoms with Gasteiger partial charge in [-0.1, -0.05) is 30.3 Å². The molecule has 1 aliphatic rings. The molecule has 1 aliphatic heterocycles. The van der Waals surface area contributed by atoms with Crippen molar-refractivity contribution in [3.63, 3.8) is 0 Å². The minimum atomic E-state index is 0. The molecule has 1 aromatic carbocycles. The normalized spacial score (nSPS) is 23.3. The molecular weight excluding hydrogens is 236 g/mol. The van der Waals surface area contributed by atoms with Gasteiger partial charge < -0.3 is 10.6 Å². The van der Waals surface area contributed by atoms with Crippen molar-refractivity contribution in [2.45, 2.75) is 12.8 Å². The van der Waals surface area contributed by atoms with Crippen molar-refractivity contribution in [3.8, 4) is 0 Å². The highest BCUT2D eigenvalue weighted by Crippen LogP contribution is 2.31. The van der Waals surface area contributed by atoms with E-state index >= 15 is 0 Å². The van der Waals surface area contributed by atoms with Crippen LogP contribution in [0.4, 0.5) is 0 Å². The zero-order valence-electron chi connectivity index (χ0n) is 10.0. The van der Waals surface area contributed by atoms with E-state index < -0.39 is 0 Å². The molecule has 0 bridgehead atoms. The Hall–Kier alpha value is -1.06. The fourth-order valence-electron chi connectivity index (χ4n) is 2.45. The van der Waals surface area contributed by atoms with Gasteiger partial charge in [0, 0.05) is 25.9 Å². The first-order valence-electron chi connectivity index (χ1n) is 5.73. The fourth-order valence-corrected chi connectivity index (χ4v) is 2.45. The number of halogens is 1. The van der Waals surface area contributed by atoms with Crippen molar-refractivity contribution in [2.75, 3.05) is 19.6 Å². The van der Waals surface area contributed by atoms with E-state index in [1.807, 2.05) is 23.1 Å². The molecule has 1 saturated heterocycles. The number of amides is 1. The third kappa shape index (κ3) is 2.99. The van der Waals surface area contributed by atoms with Crippen LogP contribution in [0, 0.1) is 5.92 Å². The SMILES string of the molecule is CC(=O)N1C[C@@H](CN)[C@H](c2ccccc2)C1.Cl. The van der Waals surface area contributed by atoms with Gasteiger partial charge in [-0.15, -0.1) is 12.4 Å². The smallest absolute Gasteiger partial charge is 0.219 e. The zero-order chi connectivity index (χ0) is 11.5. The Morgan fingerprint density at radius 3 is 2.53 bits per heavy atom. The predicted octanol–water partition coefficient (Wildman–Crippen LogP) is 1.63. The Kier molecular flexibility index (Phi) is 4.97. The van der Waals surface area contributed by atoms with Crippen LogP contribution in [0.2, 0.25) is 0 Å². The molecule has 4 heteroatoms.